The first-order valence-corrected chi connectivity index (χ1v) is 6.63. The molecule has 0 bridgehead atoms. The molecule has 0 heterocycles. The van der Waals surface area contributed by atoms with Crippen LogP contribution in [-0.2, 0) is 13.6 Å². The molecule has 0 aromatic heterocycles. The fourth-order valence-electron chi connectivity index (χ4n) is 1.02. The molecular formula is C10H22O3P. The SMILES string of the molecule is CCCCCO[P](=O)OCCCCC. The number of rotatable bonds is 10. The Bertz CT molecular complexity index is 125. The second kappa shape index (κ2) is 11.1. The third-order valence-corrected chi connectivity index (χ3v) is 2.68. The van der Waals surface area contributed by atoms with Gasteiger partial charge in [0.15, 0.2) is 0 Å². The Morgan fingerprint density at radius 3 is 1.64 bits per heavy atom. The van der Waals surface area contributed by atoms with Crippen molar-refractivity contribution in [3.05, 3.63) is 0 Å². The summed E-state index contributed by atoms with van der Waals surface area (Å²) in [6.07, 6.45) is 6.48. The van der Waals surface area contributed by atoms with Gasteiger partial charge in [-0.05, 0) is 12.8 Å². The van der Waals surface area contributed by atoms with E-state index in [9.17, 15) is 4.57 Å². The summed E-state index contributed by atoms with van der Waals surface area (Å²) in [7, 11) is -1.86. The molecule has 0 fully saturated rings. The smallest absolute Gasteiger partial charge is 0.283 e. The van der Waals surface area contributed by atoms with Crippen molar-refractivity contribution < 1.29 is 13.6 Å². The first-order valence-electron chi connectivity index (χ1n) is 5.54. The summed E-state index contributed by atoms with van der Waals surface area (Å²) in [6.45, 7) is 5.36. The first-order chi connectivity index (χ1) is 6.81. The number of hydrogen-bond donors (Lipinski definition) is 0. The van der Waals surface area contributed by atoms with Crippen LogP contribution in [0.1, 0.15) is 52.4 Å². The van der Waals surface area contributed by atoms with Crippen LogP contribution in [-0.4, -0.2) is 13.2 Å². The van der Waals surface area contributed by atoms with E-state index in [4.69, 9.17) is 9.05 Å². The predicted molar refractivity (Wildman–Crippen MR) is 58.6 cm³/mol. The second-order valence-electron chi connectivity index (χ2n) is 3.30. The Morgan fingerprint density at radius 1 is 0.857 bits per heavy atom. The van der Waals surface area contributed by atoms with Gasteiger partial charge in [-0.15, -0.1) is 0 Å². The molecule has 14 heavy (non-hydrogen) atoms. The molecule has 3 nitrogen and oxygen atoms in total. The van der Waals surface area contributed by atoms with Gasteiger partial charge in [0.25, 0.3) is 0 Å². The van der Waals surface area contributed by atoms with Crippen LogP contribution in [0, 0.1) is 0 Å². The summed E-state index contributed by atoms with van der Waals surface area (Å²) in [5.41, 5.74) is 0. The zero-order valence-corrected chi connectivity index (χ0v) is 10.2. The van der Waals surface area contributed by atoms with Crippen molar-refractivity contribution >= 4 is 8.25 Å². The van der Waals surface area contributed by atoms with E-state index in [2.05, 4.69) is 13.8 Å². The fourth-order valence-corrected chi connectivity index (χ4v) is 1.65. The normalized spacial score (nSPS) is 10.4. The van der Waals surface area contributed by atoms with Crippen LogP contribution in [0.2, 0.25) is 0 Å². The van der Waals surface area contributed by atoms with E-state index in [1.807, 2.05) is 0 Å². The van der Waals surface area contributed by atoms with Gasteiger partial charge in [-0.3, -0.25) is 9.05 Å². The minimum atomic E-state index is -1.86. The fraction of sp³-hybridized carbons (Fsp3) is 1.00. The molecule has 0 aromatic rings. The zero-order valence-electron chi connectivity index (χ0n) is 9.33. The van der Waals surface area contributed by atoms with E-state index in [0.29, 0.717) is 13.2 Å². The summed E-state index contributed by atoms with van der Waals surface area (Å²) < 4.78 is 21.1. The van der Waals surface area contributed by atoms with Crippen LogP contribution in [0.15, 0.2) is 0 Å². The lowest BCUT2D eigenvalue weighted by Crippen LogP contribution is -1.91. The van der Waals surface area contributed by atoms with E-state index in [1.165, 1.54) is 0 Å². The van der Waals surface area contributed by atoms with Gasteiger partial charge < -0.3 is 0 Å². The first kappa shape index (κ1) is 14.0. The molecule has 0 aromatic carbocycles. The Hall–Kier alpha value is 0.0200. The van der Waals surface area contributed by atoms with E-state index < -0.39 is 8.25 Å². The van der Waals surface area contributed by atoms with Crippen LogP contribution in [0.5, 0.6) is 0 Å². The van der Waals surface area contributed by atoms with Gasteiger partial charge in [-0.2, -0.15) is 0 Å². The van der Waals surface area contributed by atoms with Crippen LogP contribution in [0.3, 0.4) is 0 Å². The molecule has 0 saturated carbocycles. The average Bonchev–Trinajstić information content (AvgIpc) is 2.19. The standard InChI is InChI=1S/C10H22O3P/c1-3-5-7-9-12-14(11)13-10-8-6-4-2/h3-10H2,1-2H3. The van der Waals surface area contributed by atoms with Crippen molar-refractivity contribution in [3.63, 3.8) is 0 Å². The molecule has 0 saturated heterocycles. The molecule has 0 spiro atoms. The van der Waals surface area contributed by atoms with Crippen molar-refractivity contribution in [2.45, 2.75) is 52.4 Å². The molecule has 0 aliphatic heterocycles. The molecular weight excluding hydrogens is 199 g/mol. The van der Waals surface area contributed by atoms with Crippen molar-refractivity contribution in [2.75, 3.05) is 13.2 Å². The molecule has 0 amide bonds. The van der Waals surface area contributed by atoms with Gasteiger partial charge in [0.1, 0.15) is 0 Å². The average molecular weight is 221 g/mol. The lowest BCUT2D eigenvalue weighted by molar-refractivity contribution is 0.219. The quantitative estimate of drug-likeness (QED) is 0.412. The van der Waals surface area contributed by atoms with Crippen molar-refractivity contribution in [1.29, 1.82) is 0 Å². The highest BCUT2D eigenvalue weighted by atomic mass is 31.1. The molecule has 0 aliphatic carbocycles. The Morgan fingerprint density at radius 2 is 1.29 bits per heavy atom. The van der Waals surface area contributed by atoms with E-state index in [0.717, 1.165) is 38.5 Å². The minimum absolute atomic E-state index is 0.552. The summed E-state index contributed by atoms with van der Waals surface area (Å²) in [4.78, 5) is 0. The zero-order chi connectivity index (χ0) is 10.6. The molecule has 0 aliphatic rings. The van der Waals surface area contributed by atoms with Gasteiger partial charge in [0.2, 0.25) is 0 Å². The van der Waals surface area contributed by atoms with Crippen molar-refractivity contribution in [3.8, 4) is 0 Å². The highest BCUT2D eigenvalue weighted by Gasteiger charge is 2.00. The molecule has 0 N–H and O–H groups in total. The summed E-state index contributed by atoms with van der Waals surface area (Å²) >= 11 is 0. The van der Waals surface area contributed by atoms with Gasteiger partial charge in [0.05, 0.1) is 13.2 Å². The van der Waals surface area contributed by atoms with Gasteiger partial charge in [-0.1, -0.05) is 39.5 Å². The molecule has 0 unspecified atom stereocenters. The largest absolute Gasteiger partial charge is 0.368 e. The maximum Gasteiger partial charge on any atom is 0.368 e. The van der Waals surface area contributed by atoms with E-state index in [-0.39, 0.29) is 0 Å². The Kier molecular flexibility index (Phi) is 11.1. The maximum absolute atomic E-state index is 11.1. The van der Waals surface area contributed by atoms with Gasteiger partial charge in [-0.25, -0.2) is 4.57 Å². The van der Waals surface area contributed by atoms with Crippen molar-refractivity contribution in [2.24, 2.45) is 0 Å². The van der Waals surface area contributed by atoms with Crippen LogP contribution in [0.25, 0.3) is 0 Å². The van der Waals surface area contributed by atoms with Crippen molar-refractivity contribution in [1.82, 2.24) is 0 Å². The molecule has 4 heteroatoms. The van der Waals surface area contributed by atoms with Crippen LogP contribution < -0.4 is 0 Å². The third-order valence-electron chi connectivity index (χ3n) is 1.89. The van der Waals surface area contributed by atoms with Crippen LogP contribution >= 0.6 is 8.25 Å². The molecule has 85 valence electrons. The molecule has 0 atom stereocenters. The lowest BCUT2D eigenvalue weighted by atomic mass is 10.3. The predicted octanol–water partition coefficient (Wildman–Crippen LogP) is 4.06. The van der Waals surface area contributed by atoms with E-state index >= 15 is 0 Å². The number of unbranched alkanes of at least 4 members (excludes halogenated alkanes) is 4. The highest BCUT2D eigenvalue weighted by molar-refractivity contribution is 7.33. The topological polar surface area (TPSA) is 35.5 Å². The van der Waals surface area contributed by atoms with Gasteiger partial charge in [0, 0.05) is 0 Å². The summed E-state index contributed by atoms with van der Waals surface area (Å²) in [5.74, 6) is 0. The highest BCUT2D eigenvalue weighted by Crippen LogP contribution is 2.24. The summed E-state index contributed by atoms with van der Waals surface area (Å²) in [5, 5.41) is 0. The monoisotopic (exact) mass is 221 g/mol. The van der Waals surface area contributed by atoms with E-state index in [1.54, 1.807) is 0 Å². The van der Waals surface area contributed by atoms with Crippen LogP contribution in [0.4, 0.5) is 0 Å². The minimum Gasteiger partial charge on any atom is -0.283 e. The summed E-state index contributed by atoms with van der Waals surface area (Å²) in [6, 6.07) is 0. The Labute approximate surface area is 88.1 Å². The Balaban J connectivity index is 3.11. The molecule has 1 radical (unpaired) electrons. The third kappa shape index (κ3) is 10.1. The second-order valence-corrected chi connectivity index (χ2v) is 4.27. The van der Waals surface area contributed by atoms with Gasteiger partial charge >= 0.3 is 8.25 Å². The maximum atomic E-state index is 11.1. The molecule has 0 rings (SSSR count). The lowest BCUT2D eigenvalue weighted by Gasteiger charge is -2.02. The number of hydrogen-bond acceptors (Lipinski definition) is 3.